The highest BCUT2D eigenvalue weighted by atomic mass is 19.4. The van der Waals surface area contributed by atoms with Crippen molar-refractivity contribution in [2.45, 2.75) is 25.2 Å². The molecule has 6 heteroatoms. The van der Waals surface area contributed by atoms with Crippen LogP contribution in [0.1, 0.15) is 24.2 Å². The number of aliphatic hydroxyl groups is 1. The van der Waals surface area contributed by atoms with E-state index in [1.807, 2.05) is 0 Å². The maximum Gasteiger partial charge on any atom is 0.419 e. The van der Waals surface area contributed by atoms with Crippen LogP contribution < -0.4 is 5.73 Å². The lowest BCUT2D eigenvalue weighted by molar-refractivity contribution is -0.141. The minimum Gasteiger partial charge on any atom is -0.387 e. The molecule has 1 aromatic rings. The Bertz CT molecular complexity index is 376. The number of alkyl halides is 3. The Morgan fingerprint density at radius 1 is 1.31 bits per heavy atom. The Labute approximate surface area is 89.7 Å². The van der Waals surface area contributed by atoms with Crippen molar-refractivity contribution in [3.8, 4) is 0 Å². The Balaban J connectivity index is 3.35. The van der Waals surface area contributed by atoms with Crippen LogP contribution in [0.2, 0.25) is 0 Å². The smallest absolute Gasteiger partial charge is 0.387 e. The predicted molar refractivity (Wildman–Crippen MR) is 50.0 cm³/mol. The largest absolute Gasteiger partial charge is 0.419 e. The zero-order chi connectivity index (χ0) is 12.5. The van der Waals surface area contributed by atoms with E-state index < -0.39 is 35.3 Å². The number of nitrogens with two attached hydrogens (primary N) is 1. The molecule has 16 heavy (non-hydrogen) atoms. The normalized spacial score (nSPS) is 15.9. The molecule has 0 unspecified atom stereocenters. The maximum atomic E-state index is 13.1. The fourth-order valence-corrected chi connectivity index (χ4v) is 1.37. The van der Waals surface area contributed by atoms with E-state index in [1.165, 1.54) is 6.92 Å². The Hall–Kier alpha value is -1.14. The van der Waals surface area contributed by atoms with Crippen LogP contribution in [0, 0.1) is 5.82 Å². The molecule has 0 aliphatic heterocycles. The molecule has 0 aliphatic carbocycles. The average molecular weight is 237 g/mol. The summed E-state index contributed by atoms with van der Waals surface area (Å²) in [4.78, 5) is 0. The molecule has 0 aromatic heterocycles. The summed E-state index contributed by atoms with van der Waals surface area (Å²) < 4.78 is 50.7. The monoisotopic (exact) mass is 237 g/mol. The fourth-order valence-electron chi connectivity index (χ4n) is 1.37. The molecule has 1 aromatic carbocycles. The summed E-state index contributed by atoms with van der Waals surface area (Å²) in [6.07, 6.45) is -6.40. The SMILES string of the molecule is C[C@@H](N)[C@@H](O)c1cccc(F)c1C(F)(F)F. The molecule has 2 atom stereocenters. The van der Waals surface area contributed by atoms with Gasteiger partial charge < -0.3 is 10.8 Å². The standard InChI is InChI=1S/C10H11F4NO/c1-5(15)9(16)6-3-2-4-7(11)8(6)10(12,13)14/h2-5,9,16H,15H2,1H3/t5-,9-/m1/s1. The van der Waals surface area contributed by atoms with E-state index in [-0.39, 0.29) is 0 Å². The molecule has 2 nitrogen and oxygen atoms in total. The van der Waals surface area contributed by atoms with Crippen molar-refractivity contribution in [2.75, 3.05) is 0 Å². The van der Waals surface area contributed by atoms with Gasteiger partial charge in [-0.3, -0.25) is 0 Å². The van der Waals surface area contributed by atoms with Gasteiger partial charge in [-0.1, -0.05) is 12.1 Å². The third-order valence-electron chi connectivity index (χ3n) is 2.15. The lowest BCUT2D eigenvalue weighted by Crippen LogP contribution is -2.27. The van der Waals surface area contributed by atoms with Crippen LogP contribution in [0.5, 0.6) is 0 Å². The lowest BCUT2D eigenvalue weighted by Gasteiger charge is -2.20. The molecule has 0 bridgehead atoms. The molecule has 0 aliphatic rings. The zero-order valence-electron chi connectivity index (χ0n) is 8.42. The van der Waals surface area contributed by atoms with Crippen LogP contribution in [0.15, 0.2) is 18.2 Å². The summed E-state index contributed by atoms with van der Waals surface area (Å²) in [5.41, 5.74) is 3.29. The first kappa shape index (κ1) is 12.9. The zero-order valence-corrected chi connectivity index (χ0v) is 8.42. The number of halogens is 4. The van der Waals surface area contributed by atoms with Gasteiger partial charge in [-0.25, -0.2) is 4.39 Å². The van der Waals surface area contributed by atoms with Crippen LogP contribution in [0.25, 0.3) is 0 Å². The summed E-state index contributed by atoms with van der Waals surface area (Å²) >= 11 is 0. The number of rotatable bonds is 2. The van der Waals surface area contributed by atoms with Gasteiger partial charge in [0.2, 0.25) is 0 Å². The van der Waals surface area contributed by atoms with Gasteiger partial charge in [0.05, 0.1) is 11.7 Å². The van der Waals surface area contributed by atoms with Gasteiger partial charge in [0.1, 0.15) is 5.82 Å². The molecular formula is C10H11F4NO. The van der Waals surface area contributed by atoms with E-state index >= 15 is 0 Å². The summed E-state index contributed by atoms with van der Waals surface area (Å²) in [6, 6.07) is 1.90. The third-order valence-corrected chi connectivity index (χ3v) is 2.15. The number of aliphatic hydroxyl groups excluding tert-OH is 1. The molecule has 0 radical (unpaired) electrons. The predicted octanol–water partition coefficient (Wildman–Crippen LogP) is 2.23. The average Bonchev–Trinajstić information content (AvgIpc) is 2.14. The van der Waals surface area contributed by atoms with Gasteiger partial charge >= 0.3 is 6.18 Å². The molecular weight excluding hydrogens is 226 g/mol. The third kappa shape index (κ3) is 2.51. The van der Waals surface area contributed by atoms with E-state index in [2.05, 4.69) is 0 Å². The molecule has 1 rings (SSSR count). The van der Waals surface area contributed by atoms with Crippen molar-refractivity contribution >= 4 is 0 Å². The van der Waals surface area contributed by atoms with Crippen molar-refractivity contribution in [3.63, 3.8) is 0 Å². The summed E-state index contributed by atoms with van der Waals surface area (Å²) in [7, 11) is 0. The van der Waals surface area contributed by atoms with Gasteiger partial charge in [0, 0.05) is 6.04 Å². The van der Waals surface area contributed by atoms with Gasteiger partial charge in [-0.05, 0) is 18.6 Å². The van der Waals surface area contributed by atoms with E-state index in [4.69, 9.17) is 5.73 Å². The molecule has 0 amide bonds. The van der Waals surface area contributed by atoms with Gasteiger partial charge in [0.25, 0.3) is 0 Å². The summed E-state index contributed by atoms with van der Waals surface area (Å²) in [6.45, 7) is 1.34. The lowest BCUT2D eigenvalue weighted by atomic mass is 9.97. The topological polar surface area (TPSA) is 46.2 Å². The quantitative estimate of drug-likeness (QED) is 0.775. The van der Waals surface area contributed by atoms with E-state index in [0.717, 1.165) is 12.1 Å². The van der Waals surface area contributed by atoms with E-state index in [0.29, 0.717) is 6.07 Å². The minimum absolute atomic E-state index is 0.539. The minimum atomic E-state index is -4.85. The molecule has 0 heterocycles. The second kappa shape index (κ2) is 4.39. The van der Waals surface area contributed by atoms with Crippen LogP contribution >= 0.6 is 0 Å². The molecule has 0 spiro atoms. The second-order valence-corrected chi connectivity index (χ2v) is 3.51. The molecule has 90 valence electrons. The highest BCUT2D eigenvalue weighted by Crippen LogP contribution is 2.36. The highest BCUT2D eigenvalue weighted by Gasteiger charge is 2.38. The highest BCUT2D eigenvalue weighted by molar-refractivity contribution is 5.33. The van der Waals surface area contributed by atoms with Crippen LogP contribution in [-0.2, 0) is 6.18 Å². The summed E-state index contributed by atoms with van der Waals surface area (Å²) in [5, 5.41) is 9.47. The number of hydrogen-bond acceptors (Lipinski definition) is 2. The van der Waals surface area contributed by atoms with Crippen molar-refractivity contribution in [3.05, 3.63) is 35.1 Å². The maximum absolute atomic E-state index is 13.1. The number of hydrogen-bond donors (Lipinski definition) is 2. The first-order chi connectivity index (χ1) is 7.25. The molecule has 0 fully saturated rings. The second-order valence-electron chi connectivity index (χ2n) is 3.51. The van der Waals surface area contributed by atoms with Crippen LogP contribution in [0.4, 0.5) is 17.6 Å². The Kier molecular flexibility index (Phi) is 3.54. The van der Waals surface area contributed by atoms with Crippen molar-refractivity contribution in [2.24, 2.45) is 5.73 Å². The molecule has 0 saturated heterocycles. The first-order valence-corrected chi connectivity index (χ1v) is 4.54. The molecule has 3 N–H and O–H groups in total. The first-order valence-electron chi connectivity index (χ1n) is 4.54. The van der Waals surface area contributed by atoms with Gasteiger partial charge in [-0.2, -0.15) is 13.2 Å². The van der Waals surface area contributed by atoms with Crippen LogP contribution in [0.3, 0.4) is 0 Å². The molecule has 0 saturated carbocycles. The van der Waals surface area contributed by atoms with E-state index in [9.17, 15) is 22.7 Å². The fraction of sp³-hybridized carbons (Fsp3) is 0.400. The Morgan fingerprint density at radius 2 is 1.88 bits per heavy atom. The van der Waals surface area contributed by atoms with Gasteiger partial charge in [-0.15, -0.1) is 0 Å². The van der Waals surface area contributed by atoms with Crippen LogP contribution in [-0.4, -0.2) is 11.1 Å². The summed E-state index contributed by atoms with van der Waals surface area (Å²) in [5.74, 6) is -1.41. The van der Waals surface area contributed by atoms with Crippen molar-refractivity contribution < 1.29 is 22.7 Å². The van der Waals surface area contributed by atoms with Gasteiger partial charge in [0.15, 0.2) is 0 Å². The number of benzene rings is 1. The van der Waals surface area contributed by atoms with Crippen molar-refractivity contribution in [1.82, 2.24) is 0 Å². The van der Waals surface area contributed by atoms with Crippen molar-refractivity contribution in [1.29, 1.82) is 0 Å². The van der Waals surface area contributed by atoms with E-state index in [1.54, 1.807) is 0 Å². The Morgan fingerprint density at radius 3 is 2.31 bits per heavy atom.